The number of rotatable bonds is 6. The molecule has 1 heterocycles. The van der Waals surface area contributed by atoms with Crippen molar-refractivity contribution in [2.75, 3.05) is 33.7 Å². The van der Waals surface area contributed by atoms with E-state index in [1.54, 1.807) is 13.0 Å². The van der Waals surface area contributed by atoms with Crippen LogP contribution in [-0.4, -0.2) is 63.3 Å². The highest BCUT2D eigenvalue weighted by molar-refractivity contribution is 7.89. The van der Waals surface area contributed by atoms with Crippen molar-refractivity contribution in [2.24, 2.45) is 0 Å². The molecule has 1 amide bonds. The van der Waals surface area contributed by atoms with E-state index in [9.17, 15) is 13.2 Å². The van der Waals surface area contributed by atoms with Crippen molar-refractivity contribution in [3.63, 3.8) is 0 Å². The van der Waals surface area contributed by atoms with Crippen LogP contribution in [0.3, 0.4) is 0 Å². The van der Waals surface area contributed by atoms with Crippen LogP contribution in [-0.2, 0) is 10.0 Å². The first-order chi connectivity index (χ1) is 13.0. The van der Waals surface area contributed by atoms with E-state index in [1.165, 1.54) is 30.0 Å². The number of allylic oxidation sites excluding steroid dienone is 1. The summed E-state index contributed by atoms with van der Waals surface area (Å²) in [5.74, 6) is -0.207. The quantitative estimate of drug-likeness (QED) is 0.736. The lowest BCUT2D eigenvalue weighted by atomic mass is 10.0. The molecule has 1 saturated heterocycles. The van der Waals surface area contributed by atoms with Gasteiger partial charge in [0.05, 0.1) is 4.90 Å². The minimum Gasteiger partial charge on any atom is -0.349 e. The summed E-state index contributed by atoms with van der Waals surface area (Å²) in [5, 5.41) is 3.09. The zero-order chi connectivity index (χ0) is 21.1. The van der Waals surface area contributed by atoms with E-state index in [-0.39, 0.29) is 16.8 Å². The summed E-state index contributed by atoms with van der Waals surface area (Å²) in [7, 11) is -0.599. The second-order valence-corrected chi connectivity index (χ2v) is 10.2. The Morgan fingerprint density at radius 2 is 1.82 bits per heavy atom. The number of hydrogen-bond acceptors (Lipinski definition) is 4. The molecule has 0 atom stereocenters. The molecule has 0 bridgehead atoms. The molecule has 0 aromatic heterocycles. The molecule has 2 rings (SSSR count). The lowest BCUT2D eigenvalue weighted by molar-refractivity contribution is 0.0913. The van der Waals surface area contributed by atoms with Crippen molar-refractivity contribution in [3.8, 4) is 0 Å². The molecule has 7 heteroatoms. The molecule has 1 aliphatic heterocycles. The molecule has 6 nitrogen and oxygen atoms in total. The Bertz CT molecular complexity index is 848. The minimum absolute atomic E-state index is 0.117. The molecule has 0 saturated carbocycles. The van der Waals surface area contributed by atoms with Gasteiger partial charge in [-0.25, -0.2) is 12.7 Å². The maximum absolute atomic E-state index is 12.8. The average molecular weight is 408 g/mol. The third-order valence-electron chi connectivity index (χ3n) is 5.32. The maximum Gasteiger partial charge on any atom is 0.251 e. The average Bonchev–Trinajstić information content (AvgIpc) is 2.62. The van der Waals surface area contributed by atoms with E-state index in [0.29, 0.717) is 11.1 Å². The number of nitrogens with one attached hydrogen (secondary N) is 1. The third-order valence-corrected chi connectivity index (χ3v) is 7.26. The monoisotopic (exact) mass is 407 g/mol. The molecule has 1 aromatic carbocycles. The predicted octanol–water partition coefficient (Wildman–Crippen LogP) is 2.71. The van der Waals surface area contributed by atoms with E-state index in [0.717, 1.165) is 38.0 Å². The summed E-state index contributed by atoms with van der Waals surface area (Å²) in [6, 6.07) is 3.38. The summed E-state index contributed by atoms with van der Waals surface area (Å²) in [6.07, 6.45) is 4.02. The highest BCUT2D eigenvalue weighted by Crippen LogP contribution is 2.23. The topological polar surface area (TPSA) is 69.7 Å². The van der Waals surface area contributed by atoms with Gasteiger partial charge in [0.1, 0.15) is 0 Å². The smallest absolute Gasteiger partial charge is 0.251 e. The van der Waals surface area contributed by atoms with Crippen molar-refractivity contribution in [1.82, 2.24) is 14.5 Å². The van der Waals surface area contributed by atoms with Crippen LogP contribution in [0.2, 0.25) is 0 Å². The van der Waals surface area contributed by atoms with Crippen molar-refractivity contribution in [1.29, 1.82) is 0 Å². The van der Waals surface area contributed by atoms with E-state index >= 15 is 0 Å². The number of carbonyl (C=O) groups excluding carboxylic acids is 1. The number of benzene rings is 1. The van der Waals surface area contributed by atoms with Gasteiger partial charge in [-0.3, -0.25) is 9.69 Å². The Hall–Kier alpha value is -1.70. The lowest BCUT2D eigenvalue weighted by Gasteiger charge is -2.31. The first-order valence-corrected chi connectivity index (χ1v) is 11.2. The van der Waals surface area contributed by atoms with Gasteiger partial charge in [0.2, 0.25) is 10.0 Å². The number of piperidine rings is 1. The van der Waals surface area contributed by atoms with Gasteiger partial charge in [-0.05, 0) is 63.8 Å². The number of likely N-dealkylation sites (tertiary alicyclic amines) is 1. The Morgan fingerprint density at radius 1 is 1.21 bits per heavy atom. The van der Waals surface area contributed by atoms with Gasteiger partial charge in [-0.1, -0.05) is 11.6 Å². The van der Waals surface area contributed by atoms with Crippen LogP contribution in [0.1, 0.15) is 48.2 Å². The van der Waals surface area contributed by atoms with Gasteiger partial charge in [-0.2, -0.15) is 0 Å². The highest BCUT2D eigenvalue weighted by atomic mass is 32.2. The number of aryl methyl sites for hydroxylation is 1. The molecule has 1 aliphatic rings. The summed E-state index contributed by atoms with van der Waals surface area (Å²) in [5.41, 5.74) is 3.19. The number of hydrogen-bond donors (Lipinski definition) is 1. The minimum atomic E-state index is -3.60. The van der Waals surface area contributed by atoms with Crippen LogP contribution in [0, 0.1) is 13.8 Å². The van der Waals surface area contributed by atoms with E-state index in [4.69, 9.17) is 0 Å². The molecule has 0 radical (unpaired) electrons. The van der Waals surface area contributed by atoms with Gasteiger partial charge in [0, 0.05) is 45.3 Å². The first-order valence-electron chi connectivity index (χ1n) is 9.72. The van der Waals surface area contributed by atoms with Crippen LogP contribution >= 0.6 is 0 Å². The molecule has 1 aromatic rings. The Kier molecular flexibility index (Phi) is 7.42. The fraction of sp³-hybridized carbons (Fsp3) is 0.571. The molecule has 0 spiro atoms. The maximum atomic E-state index is 12.8. The van der Waals surface area contributed by atoms with Gasteiger partial charge < -0.3 is 5.32 Å². The normalized spacial score (nSPS) is 16.2. The van der Waals surface area contributed by atoms with E-state index in [2.05, 4.69) is 30.1 Å². The fourth-order valence-electron chi connectivity index (χ4n) is 3.26. The molecule has 0 unspecified atom stereocenters. The largest absolute Gasteiger partial charge is 0.349 e. The molecule has 0 aliphatic carbocycles. The molecule has 28 heavy (non-hydrogen) atoms. The van der Waals surface area contributed by atoms with Crippen LogP contribution in [0.25, 0.3) is 0 Å². The van der Waals surface area contributed by atoms with Gasteiger partial charge >= 0.3 is 0 Å². The zero-order valence-electron chi connectivity index (χ0n) is 17.9. The van der Waals surface area contributed by atoms with Crippen LogP contribution in [0.15, 0.2) is 28.7 Å². The van der Waals surface area contributed by atoms with Crippen molar-refractivity contribution < 1.29 is 13.2 Å². The number of nitrogens with zero attached hydrogens (tertiary/aromatic N) is 2. The van der Waals surface area contributed by atoms with Crippen molar-refractivity contribution >= 4 is 15.9 Å². The van der Waals surface area contributed by atoms with E-state index in [1.807, 2.05) is 6.92 Å². The third kappa shape index (κ3) is 5.43. The predicted molar refractivity (Wildman–Crippen MR) is 113 cm³/mol. The molecular weight excluding hydrogens is 374 g/mol. The summed E-state index contributed by atoms with van der Waals surface area (Å²) < 4.78 is 26.4. The van der Waals surface area contributed by atoms with Crippen molar-refractivity contribution in [2.45, 2.75) is 51.5 Å². The van der Waals surface area contributed by atoms with Crippen molar-refractivity contribution in [3.05, 3.63) is 40.5 Å². The Labute approximate surface area is 169 Å². The summed E-state index contributed by atoms with van der Waals surface area (Å²) in [4.78, 5) is 15.4. The summed E-state index contributed by atoms with van der Waals surface area (Å²) in [6.45, 7) is 10.6. The first kappa shape index (κ1) is 22.6. The van der Waals surface area contributed by atoms with Gasteiger partial charge in [0.15, 0.2) is 0 Å². The van der Waals surface area contributed by atoms with Crippen LogP contribution in [0.4, 0.5) is 0 Å². The molecular formula is C21H33N3O3S. The highest BCUT2D eigenvalue weighted by Gasteiger charge is 2.25. The van der Waals surface area contributed by atoms with Crippen LogP contribution in [0.5, 0.6) is 0 Å². The number of sulfonamides is 1. The summed E-state index contributed by atoms with van der Waals surface area (Å²) >= 11 is 0. The van der Waals surface area contributed by atoms with E-state index < -0.39 is 10.0 Å². The van der Waals surface area contributed by atoms with Gasteiger partial charge in [-0.15, -0.1) is 0 Å². The Morgan fingerprint density at radius 3 is 2.36 bits per heavy atom. The zero-order valence-corrected chi connectivity index (χ0v) is 18.7. The second kappa shape index (κ2) is 9.20. The lowest BCUT2D eigenvalue weighted by Crippen LogP contribution is -2.44. The molecule has 156 valence electrons. The van der Waals surface area contributed by atoms with Crippen LogP contribution < -0.4 is 5.32 Å². The molecule has 1 fully saturated rings. The molecule has 1 N–H and O–H groups in total. The Balaban J connectivity index is 2.10. The number of amides is 1. The SMILES string of the molecule is CC(C)=CCN1CCC(NC(=O)c2cc(C)c(C)c(S(=O)(=O)N(C)C)c2)CC1. The standard InChI is InChI=1S/C21H33N3O3S/c1-15(2)7-10-24-11-8-19(9-12-24)22-21(25)18-13-16(3)17(4)20(14-18)28(26,27)23(5)6/h7,13-14,19H,8-12H2,1-6H3,(H,22,25). The number of carbonyl (C=O) groups is 1. The second-order valence-electron chi connectivity index (χ2n) is 8.03. The van der Waals surface area contributed by atoms with Gasteiger partial charge in [0.25, 0.3) is 5.91 Å². The fourth-order valence-corrected chi connectivity index (χ4v) is 4.48.